The summed E-state index contributed by atoms with van der Waals surface area (Å²) < 4.78 is 5.64. The molecule has 7 heteroatoms. The number of hydrogen-bond donors (Lipinski definition) is 3. The summed E-state index contributed by atoms with van der Waals surface area (Å²) in [6.45, 7) is 0.722. The maximum absolute atomic E-state index is 11.8. The number of nitrogens with one attached hydrogen (secondary N) is 3. The molecule has 1 fully saturated rings. The van der Waals surface area contributed by atoms with Gasteiger partial charge in [0, 0.05) is 6.42 Å². The number of ether oxygens (including phenoxy) is 1. The highest BCUT2D eigenvalue weighted by atomic mass is 16.5. The lowest BCUT2D eigenvalue weighted by atomic mass is 10.1. The zero-order valence-corrected chi connectivity index (χ0v) is 13.6. The Bertz CT molecular complexity index is 806. The minimum Gasteiger partial charge on any atom is -0.492 e. The van der Waals surface area contributed by atoms with Gasteiger partial charge in [-0.3, -0.25) is 14.9 Å². The minimum atomic E-state index is -0.632. The zero-order chi connectivity index (χ0) is 17.6. The van der Waals surface area contributed by atoms with Gasteiger partial charge in [0.15, 0.2) is 0 Å². The van der Waals surface area contributed by atoms with Crippen molar-refractivity contribution in [3.8, 4) is 5.75 Å². The summed E-state index contributed by atoms with van der Waals surface area (Å²) in [4.78, 5) is 34.1. The fraction of sp³-hybridized carbons (Fsp3) is 0.278. The summed E-state index contributed by atoms with van der Waals surface area (Å²) in [6, 6.07) is 12.7. The summed E-state index contributed by atoms with van der Waals surface area (Å²) in [5, 5.41) is 9.57. The van der Waals surface area contributed by atoms with Crippen molar-refractivity contribution in [1.29, 1.82) is 0 Å². The van der Waals surface area contributed by atoms with Gasteiger partial charge in [-0.05, 0) is 29.3 Å². The highest BCUT2D eigenvalue weighted by Gasteiger charge is 2.29. The van der Waals surface area contributed by atoms with Crippen LogP contribution >= 0.6 is 0 Å². The van der Waals surface area contributed by atoms with Crippen molar-refractivity contribution in [2.24, 2.45) is 0 Å². The molecule has 0 aromatic heterocycles. The molecule has 1 heterocycles. The number of hydrogen-bond acceptors (Lipinski definition) is 4. The van der Waals surface area contributed by atoms with E-state index < -0.39 is 18.0 Å². The monoisotopic (exact) mass is 341 g/mol. The number of carbonyl (C=O) groups excluding carboxylic acids is 3. The molecule has 2 aromatic carbocycles. The molecule has 0 radical (unpaired) electrons. The van der Waals surface area contributed by atoms with E-state index in [0.29, 0.717) is 13.2 Å². The third-order valence-corrected chi connectivity index (χ3v) is 3.93. The lowest BCUT2D eigenvalue weighted by Gasteiger charge is -2.10. The minimum absolute atomic E-state index is 0.161. The van der Waals surface area contributed by atoms with E-state index in [1.807, 2.05) is 42.5 Å². The normalized spacial score (nSPS) is 16.4. The van der Waals surface area contributed by atoms with Crippen molar-refractivity contribution in [1.82, 2.24) is 16.0 Å². The SMILES string of the molecule is O=C(CC[C@H]1NC(=O)NC1=O)NCCOc1ccc2ccccc2c1. The Labute approximate surface area is 144 Å². The van der Waals surface area contributed by atoms with Gasteiger partial charge >= 0.3 is 6.03 Å². The quantitative estimate of drug-likeness (QED) is 0.523. The largest absolute Gasteiger partial charge is 0.492 e. The summed E-state index contributed by atoms with van der Waals surface area (Å²) >= 11 is 0. The van der Waals surface area contributed by atoms with E-state index in [0.717, 1.165) is 16.5 Å². The van der Waals surface area contributed by atoms with Crippen LogP contribution in [0.25, 0.3) is 10.8 Å². The summed E-state index contributed by atoms with van der Waals surface area (Å²) in [7, 11) is 0. The van der Waals surface area contributed by atoms with Crippen molar-refractivity contribution in [3.63, 3.8) is 0 Å². The number of fused-ring (bicyclic) bond motifs is 1. The maximum Gasteiger partial charge on any atom is 0.322 e. The molecule has 2 aromatic rings. The second-order valence-corrected chi connectivity index (χ2v) is 5.76. The van der Waals surface area contributed by atoms with Crippen LogP contribution < -0.4 is 20.7 Å². The molecule has 3 rings (SSSR count). The van der Waals surface area contributed by atoms with Crippen LogP contribution in [0, 0.1) is 0 Å². The van der Waals surface area contributed by atoms with Crippen LogP contribution in [0.1, 0.15) is 12.8 Å². The third-order valence-electron chi connectivity index (χ3n) is 3.93. The van der Waals surface area contributed by atoms with Crippen LogP contribution in [0.4, 0.5) is 4.79 Å². The number of carbonyl (C=O) groups is 3. The number of amides is 4. The molecule has 4 amide bonds. The lowest BCUT2D eigenvalue weighted by Crippen LogP contribution is -2.33. The molecule has 3 N–H and O–H groups in total. The first-order valence-electron chi connectivity index (χ1n) is 8.11. The van der Waals surface area contributed by atoms with Crippen LogP contribution in [-0.4, -0.2) is 37.0 Å². The van der Waals surface area contributed by atoms with E-state index >= 15 is 0 Å². The second kappa shape index (κ2) is 7.65. The van der Waals surface area contributed by atoms with Crippen LogP contribution in [-0.2, 0) is 9.59 Å². The molecular weight excluding hydrogens is 322 g/mol. The molecule has 0 spiro atoms. The number of rotatable bonds is 7. The first-order chi connectivity index (χ1) is 12.1. The molecule has 25 heavy (non-hydrogen) atoms. The fourth-order valence-corrected chi connectivity index (χ4v) is 2.64. The maximum atomic E-state index is 11.8. The highest BCUT2D eigenvalue weighted by molar-refractivity contribution is 6.04. The van der Waals surface area contributed by atoms with E-state index in [4.69, 9.17) is 4.74 Å². The average molecular weight is 341 g/mol. The molecule has 0 unspecified atom stereocenters. The van der Waals surface area contributed by atoms with Gasteiger partial charge in [0.25, 0.3) is 5.91 Å². The Morgan fingerprint density at radius 1 is 1.12 bits per heavy atom. The molecule has 1 aliphatic heterocycles. The van der Waals surface area contributed by atoms with E-state index in [1.165, 1.54) is 0 Å². The predicted molar refractivity (Wildman–Crippen MR) is 92.1 cm³/mol. The molecule has 7 nitrogen and oxygen atoms in total. The molecule has 130 valence electrons. The van der Waals surface area contributed by atoms with Crippen molar-refractivity contribution in [2.75, 3.05) is 13.2 Å². The van der Waals surface area contributed by atoms with Crippen molar-refractivity contribution >= 4 is 28.6 Å². The van der Waals surface area contributed by atoms with E-state index in [2.05, 4.69) is 16.0 Å². The van der Waals surface area contributed by atoms with Gasteiger partial charge in [0.2, 0.25) is 5.91 Å². The van der Waals surface area contributed by atoms with Crippen LogP contribution in [0.3, 0.4) is 0 Å². The van der Waals surface area contributed by atoms with Gasteiger partial charge in [-0.15, -0.1) is 0 Å². The molecule has 0 saturated carbocycles. The predicted octanol–water partition coefficient (Wildman–Crippen LogP) is 1.32. The van der Waals surface area contributed by atoms with Gasteiger partial charge < -0.3 is 15.4 Å². The molecule has 0 bridgehead atoms. The third kappa shape index (κ3) is 4.47. The van der Waals surface area contributed by atoms with Crippen LogP contribution in [0.2, 0.25) is 0 Å². The molecule has 1 aliphatic rings. The molecule has 1 atom stereocenters. The van der Waals surface area contributed by atoms with Crippen molar-refractivity contribution < 1.29 is 19.1 Å². The lowest BCUT2D eigenvalue weighted by molar-refractivity contribution is -0.122. The van der Waals surface area contributed by atoms with Crippen molar-refractivity contribution in [3.05, 3.63) is 42.5 Å². The number of urea groups is 1. The first kappa shape index (κ1) is 16.8. The van der Waals surface area contributed by atoms with Gasteiger partial charge in [0.1, 0.15) is 18.4 Å². The Morgan fingerprint density at radius 3 is 2.68 bits per heavy atom. The van der Waals surface area contributed by atoms with Crippen LogP contribution in [0.5, 0.6) is 5.75 Å². The smallest absolute Gasteiger partial charge is 0.322 e. The Hall–Kier alpha value is -3.09. The van der Waals surface area contributed by atoms with Gasteiger partial charge in [-0.25, -0.2) is 4.79 Å². The standard InChI is InChI=1S/C18H19N3O4/c22-16(8-7-15-17(23)21-18(24)20-15)19-9-10-25-14-6-5-12-3-1-2-4-13(12)11-14/h1-6,11,15H,7-10H2,(H,19,22)(H2,20,21,23,24)/t15-/m1/s1. The van der Waals surface area contributed by atoms with E-state index in [1.54, 1.807) is 0 Å². The Kier molecular flexibility index (Phi) is 5.13. The zero-order valence-electron chi connectivity index (χ0n) is 13.6. The topological polar surface area (TPSA) is 96.5 Å². The molecular formula is C18H19N3O4. The Morgan fingerprint density at radius 2 is 1.92 bits per heavy atom. The number of imide groups is 1. The number of benzene rings is 2. The van der Waals surface area contributed by atoms with Gasteiger partial charge in [0.05, 0.1) is 6.54 Å². The summed E-state index contributed by atoms with van der Waals surface area (Å²) in [6.07, 6.45) is 0.434. The van der Waals surface area contributed by atoms with Crippen LogP contribution in [0.15, 0.2) is 42.5 Å². The highest BCUT2D eigenvalue weighted by Crippen LogP contribution is 2.20. The van der Waals surface area contributed by atoms with Crippen molar-refractivity contribution in [2.45, 2.75) is 18.9 Å². The van der Waals surface area contributed by atoms with E-state index in [-0.39, 0.29) is 18.7 Å². The average Bonchev–Trinajstić information content (AvgIpc) is 2.94. The van der Waals surface area contributed by atoms with Gasteiger partial charge in [-0.2, -0.15) is 0 Å². The van der Waals surface area contributed by atoms with E-state index in [9.17, 15) is 14.4 Å². The summed E-state index contributed by atoms with van der Waals surface area (Å²) in [5.74, 6) is 0.173. The second-order valence-electron chi connectivity index (χ2n) is 5.76. The fourth-order valence-electron chi connectivity index (χ4n) is 2.64. The van der Waals surface area contributed by atoms with Gasteiger partial charge in [-0.1, -0.05) is 30.3 Å². The molecule has 1 saturated heterocycles. The first-order valence-corrected chi connectivity index (χ1v) is 8.11. The summed E-state index contributed by atoms with van der Waals surface area (Å²) in [5.41, 5.74) is 0. The Balaban J connectivity index is 1.36. The molecule has 0 aliphatic carbocycles.